The van der Waals surface area contributed by atoms with Crippen LogP contribution in [0.4, 0.5) is 0 Å². The molecule has 0 aliphatic rings. The lowest BCUT2D eigenvalue weighted by molar-refractivity contribution is 0.462. The van der Waals surface area contributed by atoms with Crippen molar-refractivity contribution in [3.63, 3.8) is 0 Å². The molecule has 2 N–H and O–H groups in total. The zero-order valence-electron chi connectivity index (χ0n) is 14.0. The quantitative estimate of drug-likeness (QED) is 0.281. The van der Waals surface area contributed by atoms with Crippen LogP contribution in [0.2, 0.25) is 0 Å². The summed E-state index contributed by atoms with van der Waals surface area (Å²) in [6, 6.07) is 27.6. The predicted octanol–water partition coefficient (Wildman–Crippen LogP) is 6.22. The lowest BCUT2D eigenvalue weighted by atomic mass is 9.92. The van der Waals surface area contributed by atoms with E-state index in [-0.39, 0.29) is 11.5 Å². The molecule has 0 bridgehead atoms. The summed E-state index contributed by atoms with van der Waals surface area (Å²) in [4.78, 5) is 0. The summed E-state index contributed by atoms with van der Waals surface area (Å²) in [6.45, 7) is 0. The number of phenolic OH excluding ortho intramolecular Hbond substituents is 2. The lowest BCUT2D eigenvalue weighted by Crippen LogP contribution is -1.85. The zero-order valence-corrected chi connectivity index (χ0v) is 14.0. The van der Waals surface area contributed by atoms with Crippen molar-refractivity contribution in [1.29, 1.82) is 0 Å². The highest BCUT2D eigenvalue weighted by Crippen LogP contribution is 2.39. The number of phenols is 2. The summed E-state index contributed by atoms with van der Waals surface area (Å²) in [5, 5.41) is 27.2. The van der Waals surface area contributed by atoms with Gasteiger partial charge < -0.3 is 10.2 Å². The summed E-state index contributed by atoms with van der Waals surface area (Å²) < 4.78 is 0. The number of hydrogen-bond donors (Lipinski definition) is 2. The minimum Gasteiger partial charge on any atom is -0.508 e. The number of rotatable bonds is 1. The van der Waals surface area contributed by atoms with Gasteiger partial charge in [0.2, 0.25) is 0 Å². The zero-order chi connectivity index (χ0) is 17.7. The fraction of sp³-hybridized carbons (Fsp3) is 0. The first-order valence-electron chi connectivity index (χ1n) is 8.58. The monoisotopic (exact) mass is 336 g/mol. The third-order valence-corrected chi connectivity index (χ3v) is 5.05. The molecular formula is C24H16O2. The van der Waals surface area contributed by atoms with Gasteiger partial charge in [-0.3, -0.25) is 0 Å². The van der Waals surface area contributed by atoms with Crippen LogP contribution in [0.5, 0.6) is 11.5 Å². The molecule has 124 valence electrons. The maximum atomic E-state index is 10.3. The Morgan fingerprint density at radius 3 is 2.08 bits per heavy atom. The molecule has 0 amide bonds. The van der Waals surface area contributed by atoms with Gasteiger partial charge in [0.1, 0.15) is 11.5 Å². The van der Waals surface area contributed by atoms with Gasteiger partial charge in [-0.2, -0.15) is 0 Å². The molecule has 0 aromatic heterocycles. The summed E-state index contributed by atoms with van der Waals surface area (Å²) in [6.07, 6.45) is 0. The van der Waals surface area contributed by atoms with E-state index in [9.17, 15) is 10.2 Å². The molecule has 0 aliphatic heterocycles. The van der Waals surface area contributed by atoms with Crippen LogP contribution < -0.4 is 0 Å². The van der Waals surface area contributed by atoms with Gasteiger partial charge in [-0.15, -0.1) is 0 Å². The molecule has 0 unspecified atom stereocenters. The number of hydrogen-bond acceptors (Lipinski definition) is 2. The fourth-order valence-electron chi connectivity index (χ4n) is 3.83. The van der Waals surface area contributed by atoms with Gasteiger partial charge >= 0.3 is 0 Å². The molecule has 5 aromatic rings. The van der Waals surface area contributed by atoms with E-state index in [0.29, 0.717) is 5.56 Å². The van der Waals surface area contributed by atoms with E-state index in [2.05, 4.69) is 54.6 Å². The second kappa shape index (κ2) is 5.50. The van der Waals surface area contributed by atoms with Crippen molar-refractivity contribution in [2.24, 2.45) is 0 Å². The third kappa shape index (κ3) is 2.12. The maximum absolute atomic E-state index is 10.3. The van der Waals surface area contributed by atoms with Crippen molar-refractivity contribution < 1.29 is 10.2 Å². The minimum absolute atomic E-state index is 0.140. The fourth-order valence-corrected chi connectivity index (χ4v) is 3.83. The Morgan fingerprint density at radius 2 is 1.15 bits per heavy atom. The van der Waals surface area contributed by atoms with Crippen molar-refractivity contribution in [2.45, 2.75) is 0 Å². The Kier molecular flexibility index (Phi) is 3.13. The van der Waals surface area contributed by atoms with Gasteiger partial charge in [0.15, 0.2) is 0 Å². The molecule has 2 nitrogen and oxygen atoms in total. The first kappa shape index (κ1) is 14.8. The second-order valence-corrected chi connectivity index (χ2v) is 6.55. The average Bonchev–Trinajstić information content (AvgIpc) is 2.69. The predicted molar refractivity (Wildman–Crippen MR) is 108 cm³/mol. The Balaban J connectivity index is 1.90. The van der Waals surface area contributed by atoms with Crippen LogP contribution >= 0.6 is 0 Å². The molecule has 0 saturated carbocycles. The van der Waals surface area contributed by atoms with E-state index in [4.69, 9.17) is 0 Å². The van der Waals surface area contributed by atoms with Crippen molar-refractivity contribution in [1.82, 2.24) is 0 Å². The van der Waals surface area contributed by atoms with E-state index in [1.807, 2.05) is 12.1 Å². The highest BCUT2D eigenvalue weighted by atomic mass is 16.3. The molecule has 0 saturated heterocycles. The van der Waals surface area contributed by atoms with Crippen LogP contribution in [0.3, 0.4) is 0 Å². The number of fused-ring (bicyclic) bond motifs is 5. The Labute approximate surface area is 150 Å². The summed E-state index contributed by atoms with van der Waals surface area (Å²) in [5.41, 5.74) is 1.54. The van der Waals surface area contributed by atoms with E-state index in [1.54, 1.807) is 6.07 Å². The molecule has 0 heterocycles. The summed E-state index contributed by atoms with van der Waals surface area (Å²) in [5.74, 6) is 0.301. The molecular weight excluding hydrogens is 320 g/mol. The van der Waals surface area contributed by atoms with Gasteiger partial charge in [0.05, 0.1) is 0 Å². The normalized spacial score (nSPS) is 11.4. The minimum atomic E-state index is 0.140. The SMILES string of the molecule is Oc1ccc(O)c(-c2cccc3c2ccc2c4ccccc4ccc32)c1. The van der Waals surface area contributed by atoms with Crippen molar-refractivity contribution >= 4 is 32.3 Å². The summed E-state index contributed by atoms with van der Waals surface area (Å²) >= 11 is 0. The number of benzene rings is 5. The molecule has 0 fully saturated rings. The van der Waals surface area contributed by atoms with Crippen molar-refractivity contribution in [3.05, 3.63) is 84.9 Å². The third-order valence-electron chi connectivity index (χ3n) is 5.05. The van der Waals surface area contributed by atoms with Crippen LogP contribution in [0.1, 0.15) is 0 Å². The topological polar surface area (TPSA) is 40.5 Å². The Bertz CT molecular complexity index is 1300. The molecule has 26 heavy (non-hydrogen) atoms. The second-order valence-electron chi connectivity index (χ2n) is 6.55. The van der Waals surface area contributed by atoms with Gasteiger partial charge in [-0.05, 0) is 56.1 Å². The van der Waals surface area contributed by atoms with Crippen LogP contribution in [0.25, 0.3) is 43.4 Å². The van der Waals surface area contributed by atoms with Crippen LogP contribution in [0, 0.1) is 0 Å². The molecule has 5 rings (SSSR count). The molecule has 0 atom stereocenters. The summed E-state index contributed by atoms with van der Waals surface area (Å²) in [7, 11) is 0. The smallest absolute Gasteiger partial charge is 0.123 e. The van der Waals surface area contributed by atoms with Crippen LogP contribution in [-0.4, -0.2) is 10.2 Å². The molecule has 0 radical (unpaired) electrons. The Hall–Kier alpha value is -3.52. The first-order chi connectivity index (χ1) is 12.7. The van der Waals surface area contributed by atoms with Crippen molar-refractivity contribution in [2.75, 3.05) is 0 Å². The van der Waals surface area contributed by atoms with Crippen LogP contribution in [-0.2, 0) is 0 Å². The maximum Gasteiger partial charge on any atom is 0.123 e. The number of aromatic hydroxyl groups is 2. The van der Waals surface area contributed by atoms with E-state index in [1.165, 1.54) is 33.7 Å². The molecule has 0 spiro atoms. The van der Waals surface area contributed by atoms with Gasteiger partial charge in [0.25, 0.3) is 0 Å². The Morgan fingerprint density at radius 1 is 0.462 bits per heavy atom. The van der Waals surface area contributed by atoms with Gasteiger partial charge in [-0.25, -0.2) is 0 Å². The van der Waals surface area contributed by atoms with E-state index in [0.717, 1.165) is 16.3 Å². The highest BCUT2D eigenvalue weighted by Gasteiger charge is 2.11. The standard InChI is InChI=1S/C24H16O2/c25-16-9-13-24(26)23(14-16)19-7-3-6-18-21-10-8-15-4-1-2-5-17(15)20(21)11-12-22(18)19/h1-14,25-26H. The molecule has 0 aliphatic carbocycles. The largest absolute Gasteiger partial charge is 0.508 e. The first-order valence-corrected chi connectivity index (χ1v) is 8.58. The highest BCUT2D eigenvalue weighted by molar-refractivity contribution is 6.19. The lowest BCUT2D eigenvalue weighted by Gasteiger charge is -2.12. The van der Waals surface area contributed by atoms with E-state index < -0.39 is 0 Å². The van der Waals surface area contributed by atoms with E-state index >= 15 is 0 Å². The van der Waals surface area contributed by atoms with Crippen LogP contribution in [0.15, 0.2) is 84.9 Å². The van der Waals surface area contributed by atoms with Crippen molar-refractivity contribution in [3.8, 4) is 22.6 Å². The van der Waals surface area contributed by atoms with Gasteiger partial charge in [-0.1, -0.05) is 66.7 Å². The van der Waals surface area contributed by atoms with Gasteiger partial charge in [0, 0.05) is 5.56 Å². The molecule has 2 heteroatoms. The average molecular weight is 336 g/mol. The molecule has 5 aromatic carbocycles.